The van der Waals surface area contributed by atoms with E-state index in [1.807, 2.05) is 19.1 Å². The number of sulfonamides is 1. The molecule has 1 saturated heterocycles. The average Bonchev–Trinajstić information content (AvgIpc) is 2.56. The average molecular weight is 333 g/mol. The Morgan fingerprint density at radius 2 is 1.70 bits per heavy atom. The molecule has 7 heteroatoms. The van der Waals surface area contributed by atoms with Gasteiger partial charge in [0.05, 0.1) is 10.6 Å². The van der Waals surface area contributed by atoms with Crippen LogP contribution in [-0.4, -0.2) is 43.9 Å². The van der Waals surface area contributed by atoms with Crippen LogP contribution in [0.3, 0.4) is 0 Å². The van der Waals surface area contributed by atoms with Crippen molar-refractivity contribution in [2.45, 2.75) is 11.8 Å². The Labute approximate surface area is 135 Å². The first-order valence-corrected chi connectivity index (χ1v) is 8.92. The monoisotopic (exact) mass is 333 g/mol. The van der Waals surface area contributed by atoms with Crippen LogP contribution in [0.2, 0.25) is 0 Å². The van der Waals surface area contributed by atoms with Gasteiger partial charge in [0.25, 0.3) is 0 Å². The smallest absolute Gasteiger partial charge is 0.248 e. The summed E-state index contributed by atoms with van der Waals surface area (Å²) in [5, 5.41) is 0. The Kier molecular flexibility index (Phi) is 4.23. The van der Waals surface area contributed by atoms with Crippen LogP contribution < -0.4 is 10.5 Å². The van der Waals surface area contributed by atoms with Gasteiger partial charge in [-0.1, -0.05) is 18.2 Å². The molecule has 2 aromatic rings. The molecule has 0 saturated carbocycles. The van der Waals surface area contributed by atoms with E-state index >= 15 is 0 Å². The summed E-state index contributed by atoms with van der Waals surface area (Å²) < 4.78 is 27.0. The molecule has 2 heterocycles. The first-order chi connectivity index (χ1) is 11.0. The topological polar surface area (TPSA) is 73.5 Å². The summed E-state index contributed by atoms with van der Waals surface area (Å²) in [6.45, 7) is 3.85. The lowest BCUT2D eigenvalue weighted by atomic mass is 10.2. The fourth-order valence-corrected chi connectivity index (χ4v) is 4.42. The zero-order valence-electron chi connectivity index (χ0n) is 12.9. The van der Waals surface area contributed by atoms with E-state index in [4.69, 9.17) is 0 Å². The van der Waals surface area contributed by atoms with Gasteiger partial charge < -0.3 is 9.88 Å². The predicted octanol–water partition coefficient (Wildman–Crippen LogP) is 1.19. The van der Waals surface area contributed by atoms with Crippen LogP contribution in [0.15, 0.2) is 52.3 Å². The largest absolute Gasteiger partial charge is 0.368 e. The molecule has 0 aliphatic carbocycles. The molecule has 3 rings (SSSR count). The summed E-state index contributed by atoms with van der Waals surface area (Å²) in [4.78, 5) is 16.2. The van der Waals surface area contributed by atoms with E-state index in [9.17, 15) is 13.2 Å². The zero-order chi connectivity index (χ0) is 16.4. The molecule has 1 aliphatic heterocycles. The van der Waals surface area contributed by atoms with Crippen molar-refractivity contribution in [3.05, 3.63) is 58.5 Å². The van der Waals surface area contributed by atoms with Crippen LogP contribution in [0.1, 0.15) is 5.56 Å². The van der Waals surface area contributed by atoms with Gasteiger partial charge in [0.1, 0.15) is 0 Å². The Bertz CT molecular complexity index is 832. The summed E-state index contributed by atoms with van der Waals surface area (Å²) >= 11 is 0. The number of aromatic nitrogens is 1. The number of rotatable bonds is 3. The molecule has 6 nitrogen and oxygen atoms in total. The highest BCUT2D eigenvalue weighted by Crippen LogP contribution is 2.22. The van der Waals surface area contributed by atoms with E-state index < -0.39 is 10.0 Å². The normalized spacial score (nSPS) is 16.5. The minimum Gasteiger partial charge on any atom is -0.368 e. The highest BCUT2D eigenvalue weighted by Gasteiger charge is 2.29. The van der Waals surface area contributed by atoms with Crippen LogP contribution in [0.5, 0.6) is 0 Å². The summed E-state index contributed by atoms with van der Waals surface area (Å²) in [5.74, 6) is 0. The number of aromatic amines is 1. The number of pyridine rings is 1. The summed E-state index contributed by atoms with van der Waals surface area (Å²) in [6.07, 6.45) is 1.66. The number of hydrogen-bond acceptors (Lipinski definition) is 4. The van der Waals surface area contributed by atoms with Crippen molar-refractivity contribution in [3.8, 4) is 0 Å². The standard InChI is InChI=1S/C16H19N3O3S/c1-13-4-2-3-5-15(13)23(21,22)19-10-8-18(9-11-19)14-6-7-16(20)17-12-14/h2-7,12H,8-11H2,1H3,(H,17,20). The Morgan fingerprint density at radius 3 is 2.30 bits per heavy atom. The molecule has 0 amide bonds. The van der Waals surface area contributed by atoms with Gasteiger partial charge >= 0.3 is 0 Å². The number of benzene rings is 1. The van der Waals surface area contributed by atoms with E-state index in [2.05, 4.69) is 9.88 Å². The lowest BCUT2D eigenvalue weighted by Gasteiger charge is -2.35. The second kappa shape index (κ2) is 6.17. The molecule has 23 heavy (non-hydrogen) atoms. The van der Waals surface area contributed by atoms with Crippen molar-refractivity contribution in [3.63, 3.8) is 0 Å². The van der Waals surface area contributed by atoms with Crippen molar-refractivity contribution in [2.24, 2.45) is 0 Å². The summed E-state index contributed by atoms with van der Waals surface area (Å²) in [7, 11) is -3.46. The number of hydrogen-bond donors (Lipinski definition) is 1. The van der Waals surface area contributed by atoms with Gasteiger partial charge in [0.2, 0.25) is 15.6 Å². The molecule has 1 aromatic heterocycles. The van der Waals surface area contributed by atoms with Crippen molar-refractivity contribution < 1.29 is 8.42 Å². The third-order valence-electron chi connectivity index (χ3n) is 4.08. The molecule has 122 valence electrons. The lowest BCUT2D eigenvalue weighted by Crippen LogP contribution is -2.48. The number of aryl methyl sites for hydroxylation is 1. The molecule has 0 unspecified atom stereocenters. The molecule has 0 bridgehead atoms. The van der Waals surface area contributed by atoms with Crippen LogP contribution in [-0.2, 0) is 10.0 Å². The number of anilines is 1. The van der Waals surface area contributed by atoms with Gasteiger partial charge in [-0.25, -0.2) is 8.42 Å². The van der Waals surface area contributed by atoms with E-state index in [-0.39, 0.29) is 5.56 Å². The number of nitrogens with one attached hydrogen (secondary N) is 1. The first kappa shape index (κ1) is 15.8. The first-order valence-electron chi connectivity index (χ1n) is 7.48. The van der Waals surface area contributed by atoms with Gasteiger partial charge in [-0.15, -0.1) is 0 Å². The number of H-pyrrole nitrogens is 1. The van der Waals surface area contributed by atoms with E-state index in [1.54, 1.807) is 24.4 Å². The minimum atomic E-state index is -3.46. The van der Waals surface area contributed by atoms with Gasteiger partial charge in [-0.2, -0.15) is 4.31 Å². The molecule has 0 radical (unpaired) electrons. The van der Waals surface area contributed by atoms with E-state index in [1.165, 1.54) is 10.4 Å². The Hall–Kier alpha value is -2.12. The molecule has 1 fully saturated rings. The van der Waals surface area contributed by atoms with Crippen LogP contribution in [0, 0.1) is 6.92 Å². The number of nitrogens with zero attached hydrogens (tertiary/aromatic N) is 2. The van der Waals surface area contributed by atoms with Gasteiger partial charge in [0.15, 0.2) is 0 Å². The van der Waals surface area contributed by atoms with Crippen molar-refractivity contribution in [1.29, 1.82) is 0 Å². The maximum absolute atomic E-state index is 12.8. The molecule has 0 atom stereocenters. The van der Waals surface area contributed by atoms with Crippen LogP contribution in [0.4, 0.5) is 5.69 Å². The van der Waals surface area contributed by atoms with Crippen molar-refractivity contribution in [1.82, 2.24) is 9.29 Å². The second-order valence-electron chi connectivity index (χ2n) is 5.57. The fraction of sp³-hybridized carbons (Fsp3) is 0.312. The maximum atomic E-state index is 12.8. The molecule has 1 aliphatic rings. The second-order valence-corrected chi connectivity index (χ2v) is 7.47. The Morgan fingerprint density at radius 1 is 1.00 bits per heavy atom. The summed E-state index contributed by atoms with van der Waals surface area (Å²) in [5.41, 5.74) is 1.52. The summed E-state index contributed by atoms with van der Waals surface area (Å²) in [6, 6.07) is 10.3. The van der Waals surface area contributed by atoms with Gasteiger partial charge in [-0.05, 0) is 24.6 Å². The Balaban J connectivity index is 1.75. The predicted molar refractivity (Wildman–Crippen MR) is 89.2 cm³/mol. The molecular formula is C16H19N3O3S. The van der Waals surface area contributed by atoms with Gasteiger partial charge in [-0.3, -0.25) is 4.79 Å². The highest BCUT2D eigenvalue weighted by atomic mass is 32.2. The third-order valence-corrected chi connectivity index (χ3v) is 6.14. The zero-order valence-corrected chi connectivity index (χ0v) is 13.7. The SMILES string of the molecule is Cc1ccccc1S(=O)(=O)N1CCN(c2ccc(=O)[nH]c2)CC1. The van der Waals surface area contributed by atoms with Crippen molar-refractivity contribution >= 4 is 15.7 Å². The lowest BCUT2D eigenvalue weighted by molar-refractivity contribution is 0.384. The van der Waals surface area contributed by atoms with Crippen LogP contribution in [0.25, 0.3) is 0 Å². The molecule has 1 aromatic carbocycles. The highest BCUT2D eigenvalue weighted by molar-refractivity contribution is 7.89. The van der Waals surface area contributed by atoms with Crippen molar-refractivity contribution in [2.75, 3.05) is 31.1 Å². The quantitative estimate of drug-likeness (QED) is 0.916. The fourth-order valence-electron chi connectivity index (χ4n) is 2.77. The maximum Gasteiger partial charge on any atom is 0.248 e. The third kappa shape index (κ3) is 3.16. The number of piperazine rings is 1. The minimum absolute atomic E-state index is 0.144. The van der Waals surface area contributed by atoms with Crippen LogP contribution >= 0.6 is 0 Å². The van der Waals surface area contributed by atoms with E-state index in [0.29, 0.717) is 31.1 Å². The molecule has 1 N–H and O–H groups in total. The van der Waals surface area contributed by atoms with E-state index in [0.717, 1.165) is 11.3 Å². The van der Waals surface area contributed by atoms with Gasteiger partial charge in [0, 0.05) is 38.4 Å². The molecular weight excluding hydrogens is 314 g/mol. The molecule has 0 spiro atoms.